The molecule has 0 aromatic rings. The summed E-state index contributed by atoms with van der Waals surface area (Å²) in [5, 5.41) is 8.41. The maximum absolute atomic E-state index is 8.41. The molecule has 0 fully saturated rings. The van der Waals surface area contributed by atoms with Crippen LogP contribution < -0.4 is 6.15 Å². The third kappa shape index (κ3) is 5.49. The zero-order valence-corrected chi connectivity index (χ0v) is 8.29. The molecule has 4 N–H and O–H groups in total. The Morgan fingerprint density at radius 3 is 2.00 bits per heavy atom. The minimum absolute atomic E-state index is 0. The van der Waals surface area contributed by atoms with Crippen LogP contribution in [0, 0.1) is 0 Å². The van der Waals surface area contributed by atoms with E-state index >= 15 is 0 Å². The second-order valence-corrected chi connectivity index (χ2v) is 4.67. The molecule has 5 nitrogen and oxygen atoms in total. The van der Waals surface area contributed by atoms with Gasteiger partial charge in [0, 0.05) is 0 Å². The molecule has 0 aromatic heterocycles. The standard InChI is InChI=1S/C5H15O4P.H3N/c1-7-10(3,8-2)9-5-4-6;/h6,10H,4-5H2,1-3H3;1H3. The number of aliphatic hydroxyl groups excluding tert-OH is 1. The molecular weight excluding hydrogens is 169 g/mol. The van der Waals surface area contributed by atoms with Crippen molar-refractivity contribution in [3.8, 4) is 0 Å². The van der Waals surface area contributed by atoms with E-state index < -0.39 is 7.94 Å². The summed E-state index contributed by atoms with van der Waals surface area (Å²) in [4.78, 5) is 0. The van der Waals surface area contributed by atoms with Crippen molar-refractivity contribution in [1.29, 1.82) is 0 Å². The Morgan fingerprint density at radius 2 is 1.73 bits per heavy atom. The summed E-state index contributed by atoms with van der Waals surface area (Å²) in [5.74, 6) is 0. The van der Waals surface area contributed by atoms with Crippen molar-refractivity contribution >= 4 is 7.94 Å². The fraction of sp³-hybridized carbons (Fsp3) is 1.00. The van der Waals surface area contributed by atoms with Gasteiger partial charge in [-0.1, -0.05) is 0 Å². The van der Waals surface area contributed by atoms with Crippen LogP contribution in [0.25, 0.3) is 0 Å². The molecule has 0 radical (unpaired) electrons. The predicted molar refractivity (Wildman–Crippen MR) is 46.3 cm³/mol. The van der Waals surface area contributed by atoms with E-state index in [-0.39, 0.29) is 19.4 Å². The van der Waals surface area contributed by atoms with Crippen LogP contribution in [0.1, 0.15) is 0 Å². The van der Waals surface area contributed by atoms with Crippen molar-refractivity contribution < 1.29 is 18.7 Å². The molecule has 0 saturated heterocycles. The number of hydrogen-bond donors (Lipinski definition) is 2. The summed E-state index contributed by atoms with van der Waals surface area (Å²) >= 11 is 0. The second kappa shape index (κ2) is 6.91. The Kier molecular flexibility index (Phi) is 8.67. The van der Waals surface area contributed by atoms with Gasteiger partial charge in [0.2, 0.25) is 0 Å². The summed E-state index contributed by atoms with van der Waals surface area (Å²) in [6.45, 7) is 2.03. The Balaban J connectivity index is 0. The van der Waals surface area contributed by atoms with Crippen LogP contribution >= 0.6 is 7.94 Å². The van der Waals surface area contributed by atoms with Crippen molar-refractivity contribution in [2.45, 2.75) is 0 Å². The van der Waals surface area contributed by atoms with E-state index in [1.165, 1.54) is 14.2 Å². The van der Waals surface area contributed by atoms with Gasteiger partial charge in [-0.3, -0.25) is 0 Å². The molecule has 0 aliphatic heterocycles. The summed E-state index contributed by atoms with van der Waals surface area (Å²) in [6.07, 6.45) is 0. The van der Waals surface area contributed by atoms with Crippen LogP contribution in [0.15, 0.2) is 0 Å². The van der Waals surface area contributed by atoms with Gasteiger partial charge in [0.1, 0.15) is 0 Å². The van der Waals surface area contributed by atoms with Gasteiger partial charge in [-0.25, -0.2) is 0 Å². The molecule has 0 aliphatic carbocycles. The molecule has 0 spiro atoms. The minimum Gasteiger partial charge on any atom is -0.344 e. The molecule has 0 saturated carbocycles. The SMILES string of the molecule is CO[PH](C)(OC)OCCO.N. The normalized spacial score (nSPS) is 12.4. The monoisotopic (exact) mass is 187 g/mol. The average molecular weight is 187 g/mol. The van der Waals surface area contributed by atoms with E-state index in [2.05, 4.69) is 0 Å². The maximum atomic E-state index is 8.41. The van der Waals surface area contributed by atoms with Crippen molar-refractivity contribution in [2.75, 3.05) is 34.1 Å². The first-order chi connectivity index (χ1) is 4.68. The van der Waals surface area contributed by atoms with E-state index in [4.69, 9.17) is 18.7 Å². The zero-order valence-electron chi connectivity index (χ0n) is 7.29. The van der Waals surface area contributed by atoms with Crippen LogP contribution in [0.2, 0.25) is 0 Å². The third-order valence-corrected chi connectivity index (χ3v) is 3.41. The topological polar surface area (TPSA) is 82.9 Å². The Hall–Kier alpha value is 0.230. The number of aliphatic hydroxyl groups is 1. The Bertz CT molecular complexity index is 88.6. The fourth-order valence-electron chi connectivity index (χ4n) is 0.432. The van der Waals surface area contributed by atoms with E-state index in [0.717, 1.165) is 0 Å². The van der Waals surface area contributed by atoms with Gasteiger partial charge in [-0.15, -0.1) is 0 Å². The molecule has 0 aliphatic rings. The van der Waals surface area contributed by atoms with E-state index in [0.29, 0.717) is 0 Å². The van der Waals surface area contributed by atoms with Crippen LogP contribution in [0.4, 0.5) is 0 Å². The second-order valence-electron chi connectivity index (χ2n) is 1.84. The van der Waals surface area contributed by atoms with Gasteiger partial charge < -0.3 is 6.15 Å². The Morgan fingerprint density at radius 1 is 1.27 bits per heavy atom. The minimum atomic E-state index is -2.38. The molecule has 0 heterocycles. The van der Waals surface area contributed by atoms with Crippen molar-refractivity contribution in [2.24, 2.45) is 0 Å². The Labute approximate surface area is 67.8 Å². The first kappa shape index (κ1) is 13.8. The summed E-state index contributed by atoms with van der Waals surface area (Å²) in [6, 6.07) is 0. The molecule has 0 rings (SSSR count). The van der Waals surface area contributed by atoms with Gasteiger partial charge in [-0.2, -0.15) is 0 Å². The van der Waals surface area contributed by atoms with Crippen LogP contribution in [0.3, 0.4) is 0 Å². The van der Waals surface area contributed by atoms with Crippen LogP contribution in [-0.4, -0.2) is 39.2 Å². The summed E-state index contributed by atoms with van der Waals surface area (Å²) < 4.78 is 15.1. The molecule has 0 unspecified atom stereocenters. The fourth-order valence-corrected chi connectivity index (χ4v) is 1.30. The molecule has 0 atom stereocenters. The summed E-state index contributed by atoms with van der Waals surface area (Å²) in [7, 11) is 0.691. The largest absolute Gasteiger partial charge is 0.344 e. The first-order valence-corrected chi connectivity index (χ1v) is 5.26. The van der Waals surface area contributed by atoms with Crippen LogP contribution in [-0.2, 0) is 13.6 Å². The quantitative estimate of drug-likeness (QED) is 0.615. The average Bonchev–Trinajstić information content (AvgIpc) is 2.00. The van der Waals surface area contributed by atoms with Gasteiger partial charge in [0.15, 0.2) is 0 Å². The molecular formula is C5H18NO4P. The van der Waals surface area contributed by atoms with E-state index in [1.807, 2.05) is 0 Å². The van der Waals surface area contributed by atoms with Gasteiger partial charge in [0.05, 0.1) is 0 Å². The van der Waals surface area contributed by atoms with Crippen LogP contribution in [0.5, 0.6) is 0 Å². The third-order valence-electron chi connectivity index (χ3n) is 1.20. The molecule has 6 heteroatoms. The van der Waals surface area contributed by atoms with Crippen molar-refractivity contribution in [3.63, 3.8) is 0 Å². The first-order valence-electron chi connectivity index (χ1n) is 3.03. The number of hydrogen-bond acceptors (Lipinski definition) is 5. The van der Waals surface area contributed by atoms with Crippen molar-refractivity contribution in [1.82, 2.24) is 6.15 Å². The van der Waals surface area contributed by atoms with Gasteiger partial charge >= 0.3 is 60.7 Å². The van der Waals surface area contributed by atoms with Gasteiger partial charge in [0.25, 0.3) is 0 Å². The van der Waals surface area contributed by atoms with E-state index in [9.17, 15) is 0 Å². The zero-order chi connectivity index (χ0) is 8.04. The molecule has 0 bridgehead atoms. The molecule has 72 valence electrons. The van der Waals surface area contributed by atoms with E-state index in [1.54, 1.807) is 6.66 Å². The molecule has 0 aromatic carbocycles. The van der Waals surface area contributed by atoms with Gasteiger partial charge in [-0.05, 0) is 0 Å². The molecule has 0 amide bonds. The number of rotatable bonds is 5. The van der Waals surface area contributed by atoms with Crippen molar-refractivity contribution in [3.05, 3.63) is 0 Å². The summed E-state index contributed by atoms with van der Waals surface area (Å²) in [5.41, 5.74) is 0. The molecule has 11 heavy (non-hydrogen) atoms. The predicted octanol–water partition coefficient (Wildman–Crippen LogP) is 0.575. The smallest absolute Gasteiger partial charge is 0.344 e. The maximum Gasteiger partial charge on any atom is -0.344 e.